The third-order valence-corrected chi connectivity index (χ3v) is 5.30. The second kappa shape index (κ2) is 8.64. The second-order valence-electron chi connectivity index (χ2n) is 6.40. The first-order valence-electron chi connectivity index (χ1n) is 8.69. The molecule has 3 rings (SSSR count). The van der Waals surface area contributed by atoms with E-state index in [0.29, 0.717) is 12.2 Å². The molecule has 0 fully saturated rings. The van der Waals surface area contributed by atoms with Crippen molar-refractivity contribution < 1.29 is 9.53 Å². The van der Waals surface area contributed by atoms with Gasteiger partial charge in [-0.3, -0.25) is 4.79 Å². The van der Waals surface area contributed by atoms with E-state index >= 15 is 0 Å². The van der Waals surface area contributed by atoms with Gasteiger partial charge in [-0.2, -0.15) is 5.10 Å². The molecular formula is C22H22N2O2S. The van der Waals surface area contributed by atoms with Gasteiger partial charge in [0.1, 0.15) is 12.4 Å². The summed E-state index contributed by atoms with van der Waals surface area (Å²) in [5.74, 6) is 0.611. The number of hydrazone groups is 1. The quantitative estimate of drug-likeness (QED) is 0.484. The fourth-order valence-corrected chi connectivity index (χ4v) is 3.24. The third-order valence-electron chi connectivity index (χ3n) is 4.35. The molecule has 0 unspecified atom stereocenters. The summed E-state index contributed by atoms with van der Waals surface area (Å²) in [6.45, 7) is 6.62. The fraction of sp³-hybridized carbons (Fsp3) is 0.182. The van der Waals surface area contributed by atoms with Gasteiger partial charge in [0, 0.05) is 10.4 Å². The van der Waals surface area contributed by atoms with Crippen LogP contribution in [-0.2, 0) is 6.61 Å². The molecule has 0 aliphatic heterocycles. The van der Waals surface area contributed by atoms with Gasteiger partial charge in [0.05, 0.1) is 6.21 Å². The second-order valence-corrected chi connectivity index (χ2v) is 7.35. The number of hydrogen-bond acceptors (Lipinski definition) is 4. The number of nitrogens with one attached hydrogen (secondary N) is 1. The number of benzene rings is 2. The van der Waals surface area contributed by atoms with Gasteiger partial charge < -0.3 is 4.74 Å². The van der Waals surface area contributed by atoms with Gasteiger partial charge in [0.15, 0.2) is 0 Å². The Morgan fingerprint density at radius 1 is 1.04 bits per heavy atom. The van der Waals surface area contributed by atoms with Crippen molar-refractivity contribution in [2.24, 2.45) is 5.10 Å². The van der Waals surface area contributed by atoms with E-state index in [1.807, 2.05) is 42.6 Å². The summed E-state index contributed by atoms with van der Waals surface area (Å²) in [5, 5.41) is 6.02. The van der Waals surface area contributed by atoms with E-state index < -0.39 is 0 Å². The minimum Gasteiger partial charge on any atom is -0.489 e. The lowest BCUT2D eigenvalue weighted by atomic mass is 10.1. The maximum Gasteiger partial charge on any atom is 0.271 e. The molecule has 4 nitrogen and oxygen atoms in total. The normalized spacial score (nSPS) is 10.9. The van der Waals surface area contributed by atoms with E-state index in [9.17, 15) is 4.79 Å². The standard InChI is InChI=1S/C22H22N2O2S/c1-15-4-9-20(12-17(15)3)26-14-18-5-7-19(8-6-18)22(25)24-23-13-21-16(2)10-11-27-21/h4-13H,14H2,1-3H3,(H,24,25)/b23-13+. The first-order chi connectivity index (χ1) is 13.0. The minimum absolute atomic E-state index is 0.234. The van der Waals surface area contributed by atoms with Crippen LogP contribution in [0.2, 0.25) is 0 Å². The molecule has 1 amide bonds. The maximum absolute atomic E-state index is 12.2. The van der Waals surface area contributed by atoms with E-state index in [0.717, 1.165) is 21.8 Å². The number of amides is 1. The zero-order valence-corrected chi connectivity index (χ0v) is 16.5. The third kappa shape index (κ3) is 5.05. The number of hydrogen-bond donors (Lipinski definition) is 1. The zero-order valence-electron chi connectivity index (χ0n) is 15.7. The van der Waals surface area contributed by atoms with Crippen LogP contribution in [0.1, 0.15) is 37.5 Å². The number of carbonyl (C=O) groups excluding carboxylic acids is 1. The van der Waals surface area contributed by atoms with E-state index in [2.05, 4.69) is 30.4 Å². The van der Waals surface area contributed by atoms with Gasteiger partial charge in [-0.25, -0.2) is 5.43 Å². The number of aryl methyl sites for hydroxylation is 3. The van der Waals surface area contributed by atoms with Crippen molar-refractivity contribution >= 4 is 23.5 Å². The summed E-state index contributed by atoms with van der Waals surface area (Å²) in [7, 11) is 0. The Kier molecular flexibility index (Phi) is 6.04. The Hall–Kier alpha value is -2.92. The first kappa shape index (κ1) is 18.9. The molecule has 138 valence electrons. The van der Waals surface area contributed by atoms with Crippen LogP contribution in [0.4, 0.5) is 0 Å². The minimum atomic E-state index is -0.234. The van der Waals surface area contributed by atoms with E-state index in [1.54, 1.807) is 29.7 Å². The number of ether oxygens (including phenoxy) is 1. The maximum atomic E-state index is 12.2. The highest BCUT2D eigenvalue weighted by molar-refractivity contribution is 7.11. The Balaban J connectivity index is 1.54. The number of rotatable bonds is 6. The van der Waals surface area contributed by atoms with Crippen molar-refractivity contribution in [2.75, 3.05) is 0 Å². The van der Waals surface area contributed by atoms with Crippen molar-refractivity contribution in [3.8, 4) is 5.75 Å². The van der Waals surface area contributed by atoms with Crippen LogP contribution in [0.25, 0.3) is 0 Å². The average Bonchev–Trinajstić information content (AvgIpc) is 3.08. The summed E-state index contributed by atoms with van der Waals surface area (Å²) < 4.78 is 5.82. The SMILES string of the molecule is Cc1ccc(OCc2ccc(C(=O)N/N=C/c3sccc3C)cc2)cc1C. The molecule has 1 aromatic heterocycles. The van der Waals surface area contributed by atoms with Crippen LogP contribution in [0.15, 0.2) is 59.0 Å². The highest BCUT2D eigenvalue weighted by atomic mass is 32.1. The lowest BCUT2D eigenvalue weighted by Crippen LogP contribution is -2.17. The highest BCUT2D eigenvalue weighted by Crippen LogP contribution is 2.18. The molecule has 0 saturated heterocycles. The van der Waals surface area contributed by atoms with Crippen LogP contribution in [-0.4, -0.2) is 12.1 Å². The summed E-state index contributed by atoms with van der Waals surface area (Å²) >= 11 is 1.59. The van der Waals surface area contributed by atoms with Crippen LogP contribution < -0.4 is 10.2 Å². The van der Waals surface area contributed by atoms with E-state index in [1.165, 1.54) is 11.1 Å². The van der Waals surface area contributed by atoms with Gasteiger partial charge in [0.25, 0.3) is 5.91 Å². The lowest BCUT2D eigenvalue weighted by molar-refractivity contribution is 0.0955. The molecule has 3 aromatic rings. The molecule has 0 bridgehead atoms. The Morgan fingerprint density at radius 3 is 2.48 bits per heavy atom. The molecule has 0 radical (unpaired) electrons. The molecule has 0 saturated carbocycles. The van der Waals surface area contributed by atoms with E-state index in [4.69, 9.17) is 4.74 Å². The van der Waals surface area contributed by atoms with Crippen LogP contribution >= 0.6 is 11.3 Å². The van der Waals surface area contributed by atoms with Crippen LogP contribution in [0, 0.1) is 20.8 Å². The first-order valence-corrected chi connectivity index (χ1v) is 9.57. The smallest absolute Gasteiger partial charge is 0.271 e. The van der Waals surface area contributed by atoms with Crippen molar-refractivity contribution in [3.05, 3.63) is 86.6 Å². The molecule has 2 aromatic carbocycles. The summed E-state index contributed by atoms with van der Waals surface area (Å²) in [5.41, 5.74) is 7.72. The highest BCUT2D eigenvalue weighted by Gasteiger charge is 2.05. The topological polar surface area (TPSA) is 50.7 Å². The average molecular weight is 378 g/mol. The van der Waals surface area contributed by atoms with E-state index in [-0.39, 0.29) is 5.91 Å². The number of thiophene rings is 1. The summed E-state index contributed by atoms with van der Waals surface area (Å²) in [6, 6.07) is 15.4. The van der Waals surface area contributed by atoms with Gasteiger partial charge in [-0.15, -0.1) is 11.3 Å². The Labute approximate surface area is 163 Å². The summed E-state index contributed by atoms with van der Waals surface area (Å²) in [6.07, 6.45) is 1.67. The van der Waals surface area contributed by atoms with Crippen molar-refractivity contribution in [3.63, 3.8) is 0 Å². The molecule has 1 heterocycles. The lowest BCUT2D eigenvalue weighted by Gasteiger charge is -2.09. The Morgan fingerprint density at radius 2 is 1.81 bits per heavy atom. The Bertz CT molecular complexity index is 959. The monoisotopic (exact) mass is 378 g/mol. The van der Waals surface area contributed by atoms with Crippen molar-refractivity contribution in [2.45, 2.75) is 27.4 Å². The largest absolute Gasteiger partial charge is 0.489 e. The van der Waals surface area contributed by atoms with Crippen LogP contribution in [0.3, 0.4) is 0 Å². The molecule has 1 N–H and O–H groups in total. The fourth-order valence-electron chi connectivity index (χ4n) is 2.45. The van der Waals surface area contributed by atoms with Crippen LogP contribution in [0.5, 0.6) is 5.75 Å². The zero-order chi connectivity index (χ0) is 19.2. The summed E-state index contributed by atoms with van der Waals surface area (Å²) in [4.78, 5) is 13.2. The molecule has 0 spiro atoms. The predicted octanol–water partition coefficient (Wildman–Crippen LogP) is 5.02. The molecule has 0 atom stereocenters. The van der Waals surface area contributed by atoms with Gasteiger partial charge in [0.2, 0.25) is 0 Å². The molecule has 27 heavy (non-hydrogen) atoms. The van der Waals surface area contributed by atoms with Gasteiger partial charge >= 0.3 is 0 Å². The van der Waals surface area contributed by atoms with Gasteiger partial charge in [-0.05, 0) is 78.7 Å². The molecule has 0 aliphatic rings. The molecular weight excluding hydrogens is 356 g/mol. The van der Waals surface area contributed by atoms with Crippen molar-refractivity contribution in [1.82, 2.24) is 5.43 Å². The predicted molar refractivity (Wildman–Crippen MR) is 111 cm³/mol. The molecule has 0 aliphatic carbocycles. The van der Waals surface area contributed by atoms with Gasteiger partial charge in [-0.1, -0.05) is 18.2 Å². The number of nitrogens with zero attached hydrogens (tertiary/aromatic N) is 1. The van der Waals surface area contributed by atoms with Crippen molar-refractivity contribution in [1.29, 1.82) is 0 Å². The molecule has 5 heteroatoms. The number of carbonyl (C=O) groups is 1.